The summed E-state index contributed by atoms with van der Waals surface area (Å²) in [6.45, 7) is 0. The average molecular weight is 466 g/mol. The van der Waals surface area contributed by atoms with E-state index in [0.29, 0.717) is 10.8 Å². The van der Waals surface area contributed by atoms with Crippen LogP contribution in [0.5, 0.6) is 5.75 Å². The number of benzene rings is 2. The Morgan fingerprint density at radius 3 is 2.27 bits per heavy atom. The second-order valence-electron chi connectivity index (χ2n) is 8.69. The van der Waals surface area contributed by atoms with Gasteiger partial charge in [-0.1, -0.05) is 50.3 Å². The van der Waals surface area contributed by atoms with Crippen molar-refractivity contribution in [3.8, 4) is 5.75 Å². The van der Waals surface area contributed by atoms with Gasteiger partial charge in [-0.25, -0.2) is 0 Å². The molecule has 0 spiro atoms. The topological polar surface area (TPSA) is 61.9 Å². The number of carbonyl (C=O) groups is 2. The molecule has 1 saturated heterocycles. The van der Waals surface area contributed by atoms with Crippen LogP contribution in [-0.2, 0) is 9.59 Å². The van der Waals surface area contributed by atoms with E-state index in [2.05, 4.69) is 10.2 Å². The lowest BCUT2D eigenvalue weighted by Crippen LogP contribution is -2.45. The quantitative estimate of drug-likeness (QED) is 0.599. The van der Waals surface area contributed by atoms with Gasteiger partial charge in [0.1, 0.15) is 11.8 Å². The van der Waals surface area contributed by atoms with E-state index in [9.17, 15) is 9.59 Å². The number of rotatable bonds is 6. The van der Waals surface area contributed by atoms with Gasteiger partial charge >= 0.3 is 0 Å². The van der Waals surface area contributed by atoms with Crippen molar-refractivity contribution in [1.82, 2.24) is 4.90 Å². The summed E-state index contributed by atoms with van der Waals surface area (Å²) in [5.74, 6) is 0.392. The largest absolute Gasteiger partial charge is 0.497 e. The SMILES string of the molecule is COc1ccc(NC(=O)C[C@H]2C(=O)N(c3ccccc3)C(=S)N2C2CCCCCCC2)cc1. The highest BCUT2D eigenvalue weighted by molar-refractivity contribution is 7.80. The zero-order chi connectivity index (χ0) is 23.2. The van der Waals surface area contributed by atoms with Crippen LogP contribution in [0, 0.1) is 0 Å². The van der Waals surface area contributed by atoms with Crippen LogP contribution in [0.3, 0.4) is 0 Å². The molecule has 1 N–H and O–H groups in total. The van der Waals surface area contributed by atoms with Gasteiger partial charge in [0.15, 0.2) is 5.11 Å². The highest BCUT2D eigenvalue weighted by Crippen LogP contribution is 2.33. The standard InChI is InChI=1S/C26H31N3O3S/c1-32-22-16-14-19(15-17-22)27-24(30)18-23-25(31)29(21-12-8-5-9-13-21)26(33)28(23)20-10-6-3-2-4-7-11-20/h5,8-9,12-17,20,23H,2-4,6-7,10-11,18H2,1H3,(H,27,30)/t23-/m0/s1. The van der Waals surface area contributed by atoms with Gasteiger partial charge in [-0.05, 0) is 61.5 Å². The molecule has 1 heterocycles. The third-order valence-electron chi connectivity index (χ3n) is 6.49. The molecule has 0 radical (unpaired) electrons. The fourth-order valence-electron chi connectivity index (χ4n) is 4.80. The van der Waals surface area contributed by atoms with Gasteiger partial charge in [0.05, 0.1) is 19.2 Å². The third kappa shape index (κ3) is 5.36. The van der Waals surface area contributed by atoms with Crippen LogP contribution in [0.2, 0.25) is 0 Å². The summed E-state index contributed by atoms with van der Waals surface area (Å²) in [6, 6.07) is 16.2. The molecule has 1 atom stereocenters. The Kier molecular flexibility index (Phi) is 7.60. The van der Waals surface area contributed by atoms with Crippen LogP contribution in [0.4, 0.5) is 11.4 Å². The summed E-state index contributed by atoms with van der Waals surface area (Å²) < 4.78 is 5.18. The number of thiocarbonyl (C=S) groups is 1. The van der Waals surface area contributed by atoms with Crippen molar-refractivity contribution in [2.24, 2.45) is 0 Å². The molecule has 2 aromatic rings. The van der Waals surface area contributed by atoms with Crippen LogP contribution in [0.15, 0.2) is 54.6 Å². The number of ether oxygens (including phenoxy) is 1. The number of anilines is 2. The van der Waals surface area contributed by atoms with Gasteiger partial charge in [0.25, 0.3) is 5.91 Å². The Hall–Kier alpha value is -2.93. The molecule has 2 aliphatic rings. The lowest BCUT2D eigenvalue weighted by atomic mass is 9.94. The highest BCUT2D eigenvalue weighted by Gasteiger charge is 2.46. The lowest BCUT2D eigenvalue weighted by Gasteiger charge is -2.34. The molecule has 4 rings (SSSR count). The van der Waals surface area contributed by atoms with Gasteiger partial charge in [-0.15, -0.1) is 0 Å². The zero-order valence-corrected chi connectivity index (χ0v) is 19.9. The maximum absolute atomic E-state index is 13.6. The second-order valence-corrected chi connectivity index (χ2v) is 9.06. The maximum Gasteiger partial charge on any atom is 0.256 e. The zero-order valence-electron chi connectivity index (χ0n) is 19.0. The minimum atomic E-state index is -0.597. The van der Waals surface area contributed by atoms with Crippen molar-refractivity contribution < 1.29 is 14.3 Å². The van der Waals surface area contributed by atoms with Gasteiger partial charge < -0.3 is 15.0 Å². The first-order valence-corrected chi connectivity index (χ1v) is 12.1. The minimum absolute atomic E-state index is 0.0604. The van der Waals surface area contributed by atoms with E-state index in [1.165, 1.54) is 19.3 Å². The lowest BCUT2D eigenvalue weighted by molar-refractivity contribution is -0.125. The minimum Gasteiger partial charge on any atom is -0.497 e. The number of carbonyl (C=O) groups excluding carboxylic acids is 2. The molecule has 2 aromatic carbocycles. The Morgan fingerprint density at radius 2 is 1.64 bits per heavy atom. The van der Waals surface area contributed by atoms with Crippen LogP contribution in [0.1, 0.15) is 51.4 Å². The number of nitrogens with one attached hydrogen (secondary N) is 1. The first-order chi connectivity index (χ1) is 16.1. The van der Waals surface area contributed by atoms with Gasteiger partial charge in [-0.3, -0.25) is 14.5 Å². The predicted molar refractivity (Wildman–Crippen MR) is 135 cm³/mol. The smallest absolute Gasteiger partial charge is 0.256 e. The van der Waals surface area contributed by atoms with Crippen molar-refractivity contribution in [3.63, 3.8) is 0 Å². The molecule has 0 unspecified atom stereocenters. The summed E-state index contributed by atoms with van der Waals surface area (Å²) >= 11 is 5.85. The molecular formula is C26H31N3O3S. The summed E-state index contributed by atoms with van der Waals surface area (Å²) in [4.78, 5) is 30.3. The highest BCUT2D eigenvalue weighted by atomic mass is 32.1. The molecule has 1 aliphatic carbocycles. The fraction of sp³-hybridized carbons (Fsp3) is 0.423. The fourth-order valence-corrected chi connectivity index (χ4v) is 5.27. The predicted octanol–water partition coefficient (Wildman–Crippen LogP) is 5.14. The second kappa shape index (κ2) is 10.8. The molecule has 0 bridgehead atoms. The summed E-state index contributed by atoms with van der Waals surface area (Å²) in [5.41, 5.74) is 1.42. The van der Waals surface area contributed by atoms with Crippen molar-refractivity contribution >= 4 is 40.5 Å². The van der Waals surface area contributed by atoms with Crippen LogP contribution in [0.25, 0.3) is 0 Å². The average Bonchev–Trinajstić information content (AvgIpc) is 3.04. The van der Waals surface area contributed by atoms with Gasteiger partial charge in [0, 0.05) is 11.7 Å². The Bertz CT molecular complexity index is 972. The van der Waals surface area contributed by atoms with E-state index < -0.39 is 6.04 Å². The van der Waals surface area contributed by atoms with Crippen molar-refractivity contribution in [2.45, 2.75) is 63.5 Å². The number of methoxy groups -OCH3 is 1. The van der Waals surface area contributed by atoms with Gasteiger partial charge in [0.2, 0.25) is 5.91 Å². The number of nitrogens with zero attached hydrogens (tertiary/aromatic N) is 2. The number of hydrogen-bond acceptors (Lipinski definition) is 4. The van der Waals surface area contributed by atoms with Crippen molar-refractivity contribution in [2.75, 3.05) is 17.3 Å². The first-order valence-electron chi connectivity index (χ1n) is 11.7. The van der Waals surface area contributed by atoms with E-state index in [4.69, 9.17) is 17.0 Å². The molecular weight excluding hydrogens is 434 g/mol. The molecule has 2 fully saturated rings. The Labute approximate surface area is 200 Å². The Morgan fingerprint density at radius 1 is 1.00 bits per heavy atom. The molecule has 174 valence electrons. The van der Waals surface area contributed by atoms with E-state index in [1.807, 2.05) is 30.3 Å². The maximum atomic E-state index is 13.6. The number of amides is 2. The van der Waals surface area contributed by atoms with E-state index in [0.717, 1.165) is 37.1 Å². The molecule has 0 aromatic heterocycles. The molecule has 2 amide bonds. The van der Waals surface area contributed by atoms with Crippen LogP contribution >= 0.6 is 12.2 Å². The summed E-state index contributed by atoms with van der Waals surface area (Å²) in [5, 5.41) is 3.43. The number of para-hydroxylation sites is 1. The molecule has 33 heavy (non-hydrogen) atoms. The summed E-state index contributed by atoms with van der Waals surface area (Å²) in [7, 11) is 1.60. The number of hydrogen-bond donors (Lipinski definition) is 1. The van der Waals surface area contributed by atoms with Crippen molar-refractivity contribution in [1.29, 1.82) is 0 Å². The van der Waals surface area contributed by atoms with Gasteiger partial charge in [-0.2, -0.15) is 0 Å². The van der Waals surface area contributed by atoms with Crippen LogP contribution in [-0.4, -0.2) is 41.0 Å². The Balaban J connectivity index is 1.56. The van der Waals surface area contributed by atoms with E-state index in [-0.39, 0.29) is 24.3 Å². The molecule has 7 heteroatoms. The van der Waals surface area contributed by atoms with E-state index in [1.54, 1.807) is 36.3 Å². The third-order valence-corrected chi connectivity index (χ3v) is 6.88. The molecule has 1 saturated carbocycles. The molecule has 6 nitrogen and oxygen atoms in total. The normalized spacial score (nSPS) is 19.8. The van der Waals surface area contributed by atoms with Crippen molar-refractivity contribution in [3.05, 3.63) is 54.6 Å². The first kappa shape index (κ1) is 23.2. The van der Waals surface area contributed by atoms with Crippen LogP contribution < -0.4 is 15.0 Å². The monoisotopic (exact) mass is 465 g/mol. The summed E-state index contributed by atoms with van der Waals surface area (Å²) in [6.07, 6.45) is 7.96. The van der Waals surface area contributed by atoms with E-state index >= 15 is 0 Å². The molecule has 1 aliphatic heterocycles.